The highest BCUT2D eigenvalue weighted by Gasteiger charge is 2.51. The summed E-state index contributed by atoms with van der Waals surface area (Å²) >= 11 is 6.62. The first-order valence-corrected chi connectivity index (χ1v) is 27.2. The number of nitrogen functional groups attached to an aromatic ring is 1. The van der Waals surface area contributed by atoms with Crippen LogP contribution in [0, 0.1) is 10.1 Å². The van der Waals surface area contributed by atoms with Crippen molar-refractivity contribution in [2.75, 3.05) is 42.7 Å². The van der Waals surface area contributed by atoms with Crippen molar-refractivity contribution in [1.82, 2.24) is 9.97 Å². The fourth-order valence-corrected chi connectivity index (χ4v) is 18.0. The standard InChI is InChI=1S/C25H30BrN3O3Si.C25H32BrN3OSi/c1-25(2,3)33(21-12-6-4-7-13-21,22-14-8-5-9-15-22)32-17-11-10-16-27-24-23(29(30)31)18-20(26)19-28-24;1-25(2,3)31(21-12-6-4-7-13-21,22-14-8-5-9-15-22)30-17-11-10-16-28-24-23(27)18-20(26)19-29-24/h4-9,12-15,18-19H,10-11,16-17H2,1-3H3,(H,27,28);4-9,12-15,18-19H,10-11,16-17,27H2,1-3H3,(H,28,29). The van der Waals surface area contributed by atoms with Gasteiger partial charge in [0, 0.05) is 53.7 Å². The Hall–Kier alpha value is -4.71. The molecule has 0 saturated heterocycles. The summed E-state index contributed by atoms with van der Waals surface area (Å²) in [6.07, 6.45) is 6.91. The van der Waals surface area contributed by atoms with Gasteiger partial charge in [0.2, 0.25) is 5.82 Å². The molecular formula is C50H62Br2N6O4Si2. The van der Waals surface area contributed by atoms with Crippen molar-refractivity contribution in [3.8, 4) is 0 Å². The van der Waals surface area contributed by atoms with Gasteiger partial charge < -0.3 is 25.2 Å². The maximum atomic E-state index is 11.3. The van der Waals surface area contributed by atoms with E-state index in [1.807, 2.05) is 18.2 Å². The highest BCUT2D eigenvalue weighted by molar-refractivity contribution is 9.10. The van der Waals surface area contributed by atoms with Crippen molar-refractivity contribution >= 4 is 92.3 Å². The quantitative estimate of drug-likeness (QED) is 0.0313. The number of aromatic nitrogens is 2. The van der Waals surface area contributed by atoms with Gasteiger partial charge in [-0.15, -0.1) is 0 Å². The second kappa shape index (κ2) is 23.5. The van der Waals surface area contributed by atoms with Crippen molar-refractivity contribution in [2.24, 2.45) is 0 Å². The van der Waals surface area contributed by atoms with Crippen LogP contribution in [0.15, 0.2) is 155 Å². The van der Waals surface area contributed by atoms with Crippen LogP contribution in [0.5, 0.6) is 0 Å². The Balaban J connectivity index is 0.000000241. The lowest BCUT2D eigenvalue weighted by molar-refractivity contribution is -0.384. The molecule has 0 fully saturated rings. The number of nitrogens with two attached hydrogens (primary N) is 1. The van der Waals surface area contributed by atoms with E-state index in [0.717, 1.165) is 49.1 Å². The molecule has 0 saturated carbocycles. The van der Waals surface area contributed by atoms with Crippen LogP contribution in [0.2, 0.25) is 10.1 Å². The number of hydrogen-bond acceptors (Lipinski definition) is 9. The van der Waals surface area contributed by atoms with Crippen molar-refractivity contribution < 1.29 is 13.8 Å². The molecule has 338 valence electrons. The number of unbranched alkanes of at least 4 members (excludes halogenated alkanes) is 2. The molecule has 0 aliphatic carbocycles. The minimum atomic E-state index is -2.53. The third-order valence-corrected chi connectivity index (χ3v) is 22.1. The molecule has 64 heavy (non-hydrogen) atoms. The van der Waals surface area contributed by atoms with Crippen molar-refractivity contribution in [1.29, 1.82) is 0 Å². The second-order valence-corrected chi connectivity index (χ2v) is 28.1. The van der Waals surface area contributed by atoms with Gasteiger partial charge in [-0.3, -0.25) is 10.1 Å². The van der Waals surface area contributed by atoms with E-state index in [1.54, 1.807) is 12.4 Å². The number of nitrogens with one attached hydrogen (secondary N) is 2. The van der Waals surface area contributed by atoms with Crippen LogP contribution in [-0.4, -0.2) is 57.8 Å². The van der Waals surface area contributed by atoms with Gasteiger partial charge in [-0.2, -0.15) is 0 Å². The lowest BCUT2D eigenvalue weighted by atomic mass is 10.2. The molecule has 2 aromatic heterocycles. The first kappa shape index (κ1) is 50.3. The van der Waals surface area contributed by atoms with Crippen LogP contribution in [0.4, 0.5) is 23.0 Å². The molecule has 0 spiro atoms. The first-order valence-electron chi connectivity index (χ1n) is 21.8. The van der Waals surface area contributed by atoms with Crippen LogP contribution >= 0.6 is 31.9 Å². The third-order valence-electron chi connectivity index (χ3n) is 11.1. The summed E-state index contributed by atoms with van der Waals surface area (Å²) in [4.78, 5) is 19.3. The normalized spacial score (nSPS) is 11.9. The second-order valence-electron chi connectivity index (χ2n) is 17.7. The number of halogens is 2. The third kappa shape index (κ3) is 12.8. The summed E-state index contributed by atoms with van der Waals surface area (Å²) in [5.41, 5.74) is 6.64. The number of rotatable bonds is 19. The molecule has 0 aliphatic heterocycles. The SMILES string of the molecule is CC(C)(C)[Si](OCCCCNc1ncc(Br)cc1N)(c1ccccc1)c1ccccc1.CC(C)(C)[Si](OCCCCNc1ncc(Br)cc1[N+](=O)[O-])(c1ccccc1)c1ccccc1. The molecule has 4 aromatic carbocycles. The molecule has 0 radical (unpaired) electrons. The van der Waals surface area contributed by atoms with E-state index in [0.29, 0.717) is 23.3 Å². The van der Waals surface area contributed by atoms with Crippen molar-refractivity contribution in [2.45, 2.75) is 77.3 Å². The zero-order valence-corrected chi connectivity index (χ0v) is 43.0. The molecule has 0 bridgehead atoms. The van der Waals surface area contributed by atoms with Crippen LogP contribution in [0.1, 0.15) is 67.2 Å². The van der Waals surface area contributed by atoms with Crippen LogP contribution in [-0.2, 0) is 8.85 Å². The van der Waals surface area contributed by atoms with E-state index in [4.69, 9.17) is 14.6 Å². The number of nitro groups is 1. The van der Waals surface area contributed by atoms with Crippen molar-refractivity contribution in [3.63, 3.8) is 0 Å². The molecule has 0 atom stereocenters. The molecule has 6 aromatic rings. The molecule has 6 rings (SSSR count). The van der Waals surface area contributed by atoms with Crippen LogP contribution < -0.4 is 37.1 Å². The Morgan fingerprint density at radius 1 is 0.578 bits per heavy atom. The van der Waals surface area contributed by atoms with Gasteiger partial charge >= 0.3 is 5.69 Å². The molecule has 0 aliphatic rings. The van der Waals surface area contributed by atoms with Gasteiger partial charge in [-0.1, -0.05) is 163 Å². The minimum absolute atomic E-state index is 0.00372. The molecule has 10 nitrogen and oxygen atoms in total. The van der Waals surface area contributed by atoms with E-state index in [1.165, 1.54) is 26.8 Å². The zero-order valence-electron chi connectivity index (χ0n) is 37.8. The van der Waals surface area contributed by atoms with Gasteiger partial charge in [0.1, 0.15) is 5.82 Å². The van der Waals surface area contributed by atoms with Gasteiger partial charge in [-0.05, 0) is 94.4 Å². The number of pyridine rings is 2. The maximum Gasteiger partial charge on any atom is 0.312 e. The fraction of sp³-hybridized carbons (Fsp3) is 0.320. The number of nitrogens with zero attached hydrogens (tertiary/aromatic N) is 3. The Labute approximate surface area is 398 Å². The van der Waals surface area contributed by atoms with Crippen molar-refractivity contribution in [3.05, 3.63) is 165 Å². The van der Waals surface area contributed by atoms with E-state index in [2.05, 4.69) is 203 Å². The first-order chi connectivity index (χ1) is 30.6. The lowest BCUT2D eigenvalue weighted by Gasteiger charge is -2.43. The molecule has 0 unspecified atom stereocenters. The largest absolute Gasteiger partial charge is 0.407 e. The zero-order chi connectivity index (χ0) is 46.2. The van der Waals surface area contributed by atoms with Gasteiger partial charge in [0.25, 0.3) is 16.6 Å². The average molecular weight is 1030 g/mol. The topological polar surface area (TPSA) is 137 Å². The van der Waals surface area contributed by atoms with Crippen LogP contribution in [0.3, 0.4) is 0 Å². The maximum absolute atomic E-state index is 11.3. The summed E-state index contributed by atoms with van der Waals surface area (Å²) in [6.45, 7) is 16.4. The molecular weight excluding hydrogens is 965 g/mol. The molecule has 4 N–H and O–H groups in total. The van der Waals surface area contributed by atoms with E-state index < -0.39 is 21.6 Å². The Morgan fingerprint density at radius 3 is 1.27 bits per heavy atom. The van der Waals surface area contributed by atoms with E-state index >= 15 is 0 Å². The van der Waals surface area contributed by atoms with Crippen LogP contribution in [0.25, 0.3) is 0 Å². The summed E-state index contributed by atoms with van der Waals surface area (Å²) < 4.78 is 15.3. The monoisotopic (exact) mass is 1020 g/mol. The number of benzene rings is 4. The number of anilines is 3. The fourth-order valence-electron chi connectivity index (χ4n) is 8.15. The van der Waals surface area contributed by atoms with E-state index in [-0.39, 0.29) is 21.6 Å². The highest BCUT2D eigenvalue weighted by Crippen LogP contribution is 2.38. The average Bonchev–Trinajstić information content (AvgIpc) is 3.27. The summed E-state index contributed by atoms with van der Waals surface area (Å²) in [5.74, 6) is 1.02. The smallest absolute Gasteiger partial charge is 0.312 e. The predicted molar refractivity (Wildman–Crippen MR) is 278 cm³/mol. The molecule has 2 heterocycles. The lowest BCUT2D eigenvalue weighted by Crippen LogP contribution is -2.66. The molecule has 14 heteroatoms. The van der Waals surface area contributed by atoms with Gasteiger partial charge in [0.15, 0.2) is 0 Å². The summed E-state index contributed by atoms with van der Waals surface area (Å²) in [6, 6.07) is 46.0. The number of hydrogen-bond donors (Lipinski definition) is 3. The Bertz CT molecular complexity index is 2280. The molecule has 0 amide bonds. The minimum Gasteiger partial charge on any atom is -0.407 e. The Kier molecular flexibility index (Phi) is 18.4. The van der Waals surface area contributed by atoms with Gasteiger partial charge in [0.05, 0.1) is 10.6 Å². The highest BCUT2D eigenvalue weighted by atomic mass is 79.9. The summed E-state index contributed by atoms with van der Waals surface area (Å²) in [7, 11) is -4.98. The van der Waals surface area contributed by atoms with E-state index in [9.17, 15) is 10.1 Å². The predicted octanol–water partition coefficient (Wildman–Crippen LogP) is 10.7. The van der Waals surface area contributed by atoms with Gasteiger partial charge in [-0.25, -0.2) is 9.97 Å². The Morgan fingerprint density at radius 2 is 0.922 bits per heavy atom. The summed E-state index contributed by atoms with van der Waals surface area (Å²) in [5, 5.41) is 22.8.